The normalized spacial score (nSPS) is 12.2. The fraction of sp³-hybridized carbons (Fsp3) is 0.150. The van der Waals surface area contributed by atoms with Gasteiger partial charge in [0.15, 0.2) is 10.8 Å². The summed E-state index contributed by atoms with van der Waals surface area (Å²) in [5.41, 5.74) is 2.78. The number of aryl methyl sites for hydroxylation is 1. The standard InChI is InChI=1S/C20H16ClN5O3S/c1-11-9-18-23-24-20(25(18)17-6-4-3-5-14(11)17)30-12(2)19(27)22-16-10-13(26(28)29)7-8-15(16)21/h3-10,12H,1-2H3,(H,22,27). The molecule has 0 spiro atoms. The number of pyridine rings is 1. The van der Waals surface area contributed by atoms with Gasteiger partial charge in [0.05, 0.1) is 26.4 Å². The van der Waals surface area contributed by atoms with E-state index in [9.17, 15) is 14.9 Å². The number of fused-ring (bicyclic) bond motifs is 3. The Balaban J connectivity index is 1.62. The second-order valence-corrected chi connectivity index (χ2v) is 8.41. The maximum Gasteiger partial charge on any atom is 0.271 e. The minimum atomic E-state index is -0.548. The van der Waals surface area contributed by atoms with E-state index < -0.39 is 10.2 Å². The second-order valence-electron chi connectivity index (χ2n) is 6.69. The first-order chi connectivity index (χ1) is 14.3. The molecular formula is C20H16ClN5O3S. The van der Waals surface area contributed by atoms with Crippen molar-refractivity contribution in [2.45, 2.75) is 24.3 Å². The summed E-state index contributed by atoms with van der Waals surface area (Å²) in [6.07, 6.45) is 0. The van der Waals surface area contributed by atoms with Crippen molar-refractivity contribution in [1.29, 1.82) is 0 Å². The van der Waals surface area contributed by atoms with Crippen molar-refractivity contribution in [2.24, 2.45) is 0 Å². The zero-order valence-corrected chi connectivity index (χ0v) is 17.6. The molecule has 2 aromatic heterocycles. The molecule has 0 saturated heterocycles. The topological polar surface area (TPSA) is 102 Å². The zero-order valence-electron chi connectivity index (χ0n) is 16.0. The van der Waals surface area contributed by atoms with Crippen LogP contribution in [0, 0.1) is 17.0 Å². The zero-order chi connectivity index (χ0) is 21.4. The number of amides is 1. The molecule has 1 amide bonds. The Bertz CT molecular complexity index is 1310. The molecule has 8 nitrogen and oxygen atoms in total. The number of para-hydroxylation sites is 1. The summed E-state index contributed by atoms with van der Waals surface area (Å²) in [7, 11) is 0. The summed E-state index contributed by atoms with van der Waals surface area (Å²) in [4.78, 5) is 23.1. The van der Waals surface area contributed by atoms with Crippen molar-refractivity contribution >= 4 is 57.2 Å². The predicted molar refractivity (Wildman–Crippen MR) is 117 cm³/mol. The molecule has 152 valence electrons. The number of anilines is 1. The van der Waals surface area contributed by atoms with E-state index in [0.29, 0.717) is 10.8 Å². The highest BCUT2D eigenvalue weighted by Gasteiger charge is 2.21. The van der Waals surface area contributed by atoms with Crippen LogP contribution in [-0.2, 0) is 4.79 Å². The number of benzene rings is 2. The molecule has 4 rings (SSSR count). The van der Waals surface area contributed by atoms with Crippen molar-refractivity contribution in [2.75, 3.05) is 5.32 Å². The number of halogens is 1. The van der Waals surface area contributed by atoms with Gasteiger partial charge >= 0.3 is 0 Å². The lowest BCUT2D eigenvalue weighted by Crippen LogP contribution is -2.23. The number of thioether (sulfide) groups is 1. The summed E-state index contributed by atoms with van der Waals surface area (Å²) < 4.78 is 1.91. The molecule has 2 heterocycles. The van der Waals surface area contributed by atoms with Crippen LogP contribution in [0.5, 0.6) is 0 Å². The fourth-order valence-electron chi connectivity index (χ4n) is 3.12. The summed E-state index contributed by atoms with van der Waals surface area (Å²) >= 11 is 7.32. The lowest BCUT2D eigenvalue weighted by molar-refractivity contribution is -0.384. The van der Waals surface area contributed by atoms with E-state index >= 15 is 0 Å². The molecule has 1 atom stereocenters. The molecule has 4 aromatic rings. The molecule has 0 aliphatic rings. The van der Waals surface area contributed by atoms with Crippen LogP contribution in [0.3, 0.4) is 0 Å². The Morgan fingerprint density at radius 1 is 1.23 bits per heavy atom. The number of nitrogens with one attached hydrogen (secondary N) is 1. The van der Waals surface area contributed by atoms with E-state index in [1.165, 1.54) is 30.0 Å². The SMILES string of the molecule is Cc1cc2nnc(SC(C)C(=O)Nc3cc([N+](=O)[O-])ccc3Cl)n2c2ccccc12. The lowest BCUT2D eigenvalue weighted by atomic mass is 10.1. The van der Waals surface area contributed by atoms with Gasteiger partial charge in [0.1, 0.15) is 0 Å². The predicted octanol–water partition coefficient (Wildman–Crippen LogP) is 4.87. The highest BCUT2D eigenvalue weighted by Crippen LogP contribution is 2.30. The Kier molecular flexibility index (Phi) is 5.31. The average molecular weight is 442 g/mol. The quantitative estimate of drug-likeness (QED) is 0.269. The van der Waals surface area contributed by atoms with Crippen LogP contribution in [0.15, 0.2) is 53.7 Å². The van der Waals surface area contributed by atoms with Crippen molar-refractivity contribution < 1.29 is 9.72 Å². The maximum atomic E-state index is 12.7. The number of aromatic nitrogens is 3. The monoisotopic (exact) mass is 441 g/mol. The minimum Gasteiger partial charge on any atom is -0.324 e. The van der Waals surface area contributed by atoms with Crippen LogP contribution in [-0.4, -0.2) is 30.7 Å². The van der Waals surface area contributed by atoms with E-state index in [4.69, 9.17) is 11.6 Å². The van der Waals surface area contributed by atoms with E-state index in [1.54, 1.807) is 6.92 Å². The first kappa shape index (κ1) is 20.1. The van der Waals surface area contributed by atoms with Gasteiger partial charge in [-0.05, 0) is 37.6 Å². The van der Waals surface area contributed by atoms with Crippen LogP contribution in [0.2, 0.25) is 5.02 Å². The van der Waals surface area contributed by atoms with Gasteiger partial charge in [-0.1, -0.05) is 41.6 Å². The number of carbonyl (C=O) groups is 1. The Labute approximate surface area is 180 Å². The largest absolute Gasteiger partial charge is 0.324 e. The summed E-state index contributed by atoms with van der Waals surface area (Å²) in [5, 5.41) is 23.5. The van der Waals surface area contributed by atoms with E-state index in [1.807, 2.05) is 41.7 Å². The van der Waals surface area contributed by atoms with Crippen molar-refractivity contribution in [1.82, 2.24) is 14.6 Å². The van der Waals surface area contributed by atoms with Crippen molar-refractivity contribution in [3.8, 4) is 0 Å². The summed E-state index contributed by atoms with van der Waals surface area (Å²) in [6, 6.07) is 13.8. The number of hydrogen-bond donors (Lipinski definition) is 1. The van der Waals surface area contributed by atoms with Gasteiger partial charge < -0.3 is 5.32 Å². The molecule has 0 aliphatic heterocycles. The van der Waals surface area contributed by atoms with Gasteiger partial charge in [0.2, 0.25) is 5.91 Å². The summed E-state index contributed by atoms with van der Waals surface area (Å²) in [5.74, 6) is -0.351. The van der Waals surface area contributed by atoms with Crippen LogP contribution in [0.4, 0.5) is 11.4 Å². The number of nitro groups is 1. The van der Waals surface area contributed by atoms with Crippen LogP contribution >= 0.6 is 23.4 Å². The molecule has 1 N–H and O–H groups in total. The van der Waals surface area contributed by atoms with Crippen LogP contribution in [0.1, 0.15) is 12.5 Å². The third-order valence-electron chi connectivity index (χ3n) is 4.64. The van der Waals surface area contributed by atoms with E-state index in [-0.39, 0.29) is 22.3 Å². The number of non-ortho nitro benzene ring substituents is 1. The third-order valence-corrected chi connectivity index (χ3v) is 6.02. The van der Waals surface area contributed by atoms with Crippen molar-refractivity contribution in [3.63, 3.8) is 0 Å². The number of hydrogen-bond acceptors (Lipinski definition) is 6. The van der Waals surface area contributed by atoms with E-state index in [2.05, 4.69) is 15.5 Å². The molecule has 10 heteroatoms. The Morgan fingerprint density at radius 2 is 2.00 bits per heavy atom. The van der Waals surface area contributed by atoms with Crippen LogP contribution in [0.25, 0.3) is 16.6 Å². The molecule has 0 saturated carbocycles. The molecule has 0 radical (unpaired) electrons. The molecule has 2 aromatic carbocycles. The number of nitro benzene ring substituents is 1. The Morgan fingerprint density at radius 3 is 2.77 bits per heavy atom. The van der Waals surface area contributed by atoms with Gasteiger partial charge in [0, 0.05) is 17.5 Å². The van der Waals surface area contributed by atoms with Crippen molar-refractivity contribution in [3.05, 3.63) is 69.2 Å². The van der Waals surface area contributed by atoms with Gasteiger partial charge in [-0.3, -0.25) is 19.3 Å². The number of carbonyl (C=O) groups excluding carboxylic acids is 1. The maximum absolute atomic E-state index is 12.7. The van der Waals surface area contributed by atoms with Gasteiger partial charge in [-0.2, -0.15) is 0 Å². The second kappa shape index (κ2) is 7.92. The van der Waals surface area contributed by atoms with Crippen LogP contribution < -0.4 is 5.32 Å². The number of rotatable bonds is 5. The number of nitrogens with zero attached hydrogens (tertiary/aromatic N) is 4. The third kappa shape index (κ3) is 3.69. The Hall–Kier alpha value is -3.17. The molecular weight excluding hydrogens is 426 g/mol. The van der Waals surface area contributed by atoms with Gasteiger partial charge in [-0.15, -0.1) is 10.2 Å². The molecule has 30 heavy (non-hydrogen) atoms. The van der Waals surface area contributed by atoms with E-state index in [0.717, 1.165) is 16.5 Å². The smallest absolute Gasteiger partial charge is 0.271 e. The first-order valence-corrected chi connectivity index (χ1v) is 10.3. The molecule has 1 unspecified atom stereocenters. The summed E-state index contributed by atoms with van der Waals surface area (Å²) in [6.45, 7) is 3.74. The molecule has 0 aliphatic carbocycles. The highest BCUT2D eigenvalue weighted by atomic mass is 35.5. The molecule has 0 fully saturated rings. The van der Waals surface area contributed by atoms with Gasteiger partial charge in [0.25, 0.3) is 5.69 Å². The average Bonchev–Trinajstić information content (AvgIpc) is 3.12. The minimum absolute atomic E-state index is 0.153. The first-order valence-electron chi connectivity index (χ1n) is 9.00. The van der Waals surface area contributed by atoms with Gasteiger partial charge in [-0.25, -0.2) is 0 Å². The lowest BCUT2D eigenvalue weighted by Gasteiger charge is -2.13. The fourth-order valence-corrected chi connectivity index (χ4v) is 4.15. The highest BCUT2D eigenvalue weighted by molar-refractivity contribution is 8.00. The molecule has 0 bridgehead atoms.